The van der Waals surface area contributed by atoms with Gasteiger partial charge in [-0.05, 0) is 42.0 Å². The minimum absolute atomic E-state index is 0.0181. The summed E-state index contributed by atoms with van der Waals surface area (Å²) in [5.74, 6) is 1.78. The van der Waals surface area contributed by atoms with Crippen LogP contribution in [-0.4, -0.2) is 49.8 Å². The summed E-state index contributed by atoms with van der Waals surface area (Å²) in [6.45, 7) is 1.05. The maximum atomic E-state index is 13.3. The topological polar surface area (TPSA) is 59.1 Å². The van der Waals surface area contributed by atoms with E-state index in [1.54, 1.807) is 43.0 Å². The average molecular weight is 447 g/mol. The number of amides is 2. The van der Waals surface area contributed by atoms with Gasteiger partial charge in [0.15, 0.2) is 11.5 Å². The van der Waals surface area contributed by atoms with Gasteiger partial charge >= 0.3 is 0 Å². The summed E-state index contributed by atoms with van der Waals surface area (Å²) in [5.41, 5.74) is 1.76. The highest BCUT2D eigenvalue weighted by Crippen LogP contribution is 2.42. The third-order valence-electron chi connectivity index (χ3n) is 5.48. The van der Waals surface area contributed by atoms with E-state index in [4.69, 9.17) is 21.1 Å². The molecule has 2 atom stereocenters. The Kier molecular flexibility index (Phi) is 6.11. The molecule has 2 aliphatic rings. The van der Waals surface area contributed by atoms with Crippen molar-refractivity contribution in [1.82, 2.24) is 4.90 Å². The molecule has 2 unspecified atom stereocenters. The molecule has 2 saturated heterocycles. The summed E-state index contributed by atoms with van der Waals surface area (Å²) in [4.78, 5) is 29.5. The Labute approximate surface area is 185 Å². The Bertz CT molecular complexity index is 953. The number of hydrogen-bond acceptors (Lipinski definition) is 5. The van der Waals surface area contributed by atoms with Crippen LogP contribution in [0.1, 0.15) is 17.4 Å². The molecule has 2 aromatic rings. The monoisotopic (exact) mass is 446 g/mol. The van der Waals surface area contributed by atoms with Crippen molar-refractivity contribution in [3.05, 3.63) is 53.1 Å². The molecule has 2 amide bonds. The first-order chi connectivity index (χ1) is 14.5. The number of anilines is 1. The van der Waals surface area contributed by atoms with Gasteiger partial charge < -0.3 is 19.3 Å². The van der Waals surface area contributed by atoms with E-state index in [2.05, 4.69) is 0 Å². The number of carbonyl (C=O) groups is 2. The van der Waals surface area contributed by atoms with Crippen LogP contribution in [0.5, 0.6) is 11.5 Å². The summed E-state index contributed by atoms with van der Waals surface area (Å²) in [7, 11) is 3.20. The highest BCUT2D eigenvalue weighted by atomic mass is 35.5. The molecule has 30 heavy (non-hydrogen) atoms. The van der Waals surface area contributed by atoms with E-state index in [1.807, 2.05) is 35.2 Å². The van der Waals surface area contributed by atoms with Gasteiger partial charge in [-0.3, -0.25) is 9.59 Å². The number of carbonyl (C=O) groups excluding carboxylic acids is 2. The average Bonchev–Trinajstić information content (AvgIpc) is 3.40. The minimum Gasteiger partial charge on any atom is -0.493 e. The van der Waals surface area contributed by atoms with Crippen molar-refractivity contribution in [2.75, 3.05) is 38.0 Å². The first-order valence-corrected chi connectivity index (χ1v) is 11.1. The van der Waals surface area contributed by atoms with Crippen molar-refractivity contribution in [1.29, 1.82) is 0 Å². The number of rotatable bonds is 5. The molecule has 0 bridgehead atoms. The van der Waals surface area contributed by atoms with Gasteiger partial charge in [0.25, 0.3) is 0 Å². The molecule has 0 aromatic heterocycles. The Morgan fingerprint density at radius 1 is 1.10 bits per heavy atom. The molecule has 8 heteroatoms. The van der Waals surface area contributed by atoms with Crippen LogP contribution >= 0.6 is 23.4 Å². The van der Waals surface area contributed by atoms with Crippen molar-refractivity contribution >= 4 is 40.9 Å². The number of benzene rings is 2. The zero-order valence-electron chi connectivity index (χ0n) is 16.8. The van der Waals surface area contributed by atoms with Crippen molar-refractivity contribution in [3.63, 3.8) is 0 Å². The van der Waals surface area contributed by atoms with E-state index >= 15 is 0 Å². The van der Waals surface area contributed by atoms with Gasteiger partial charge in [-0.1, -0.05) is 17.7 Å². The predicted octanol–water partition coefficient (Wildman–Crippen LogP) is 3.98. The zero-order valence-corrected chi connectivity index (χ0v) is 18.4. The van der Waals surface area contributed by atoms with Crippen LogP contribution < -0.4 is 14.4 Å². The number of ether oxygens (including phenoxy) is 2. The van der Waals surface area contributed by atoms with E-state index in [0.29, 0.717) is 29.6 Å². The second kappa shape index (κ2) is 8.78. The summed E-state index contributed by atoms with van der Waals surface area (Å²) in [5, 5.41) is 0.516. The van der Waals surface area contributed by atoms with Crippen LogP contribution in [0.15, 0.2) is 42.5 Å². The van der Waals surface area contributed by atoms with Crippen molar-refractivity contribution < 1.29 is 19.1 Å². The standard InChI is InChI=1S/C22H23ClN2O4S/c1-28-18-8-3-14(11-19(18)29-2)22-24(9-10-30-22)21(27)15-12-20(26)25(13-15)17-6-4-16(23)5-7-17/h3-8,11,15,22H,9-10,12-13H2,1-2H3. The normalized spacial score (nSPS) is 21.2. The van der Waals surface area contributed by atoms with Gasteiger partial charge in [-0.2, -0.15) is 0 Å². The maximum Gasteiger partial charge on any atom is 0.229 e. The van der Waals surface area contributed by atoms with Crippen molar-refractivity contribution in [2.45, 2.75) is 11.8 Å². The van der Waals surface area contributed by atoms with Gasteiger partial charge in [-0.25, -0.2) is 0 Å². The molecule has 6 nitrogen and oxygen atoms in total. The van der Waals surface area contributed by atoms with E-state index in [-0.39, 0.29) is 29.5 Å². The minimum atomic E-state index is -0.352. The second-order valence-electron chi connectivity index (χ2n) is 7.25. The third kappa shape index (κ3) is 3.96. The van der Waals surface area contributed by atoms with Crippen LogP contribution in [0.4, 0.5) is 5.69 Å². The first kappa shape index (κ1) is 20.9. The molecule has 4 rings (SSSR count). The van der Waals surface area contributed by atoms with E-state index in [1.165, 1.54) is 0 Å². The lowest BCUT2D eigenvalue weighted by molar-refractivity contribution is -0.136. The molecule has 0 spiro atoms. The summed E-state index contributed by atoms with van der Waals surface area (Å²) >= 11 is 7.67. The largest absolute Gasteiger partial charge is 0.493 e. The third-order valence-corrected chi connectivity index (χ3v) is 6.99. The van der Waals surface area contributed by atoms with E-state index < -0.39 is 0 Å². The lowest BCUT2D eigenvalue weighted by Crippen LogP contribution is -2.37. The van der Waals surface area contributed by atoms with Crippen LogP contribution in [0.25, 0.3) is 0 Å². The van der Waals surface area contributed by atoms with Crippen molar-refractivity contribution in [2.24, 2.45) is 5.92 Å². The summed E-state index contributed by atoms with van der Waals surface area (Å²) in [6, 6.07) is 12.9. The lowest BCUT2D eigenvalue weighted by atomic mass is 10.1. The van der Waals surface area contributed by atoms with Gasteiger partial charge in [0.2, 0.25) is 11.8 Å². The Balaban J connectivity index is 1.51. The van der Waals surface area contributed by atoms with Gasteiger partial charge in [0.05, 0.1) is 20.1 Å². The molecule has 158 valence electrons. The molecule has 2 aromatic carbocycles. The number of methoxy groups -OCH3 is 2. The predicted molar refractivity (Wildman–Crippen MR) is 118 cm³/mol. The summed E-state index contributed by atoms with van der Waals surface area (Å²) < 4.78 is 10.7. The highest BCUT2D eigenvalue weighted by molar-refractivity contribution is 7.99. The fourth-order valence-corrected chi connectivity index (χ4v) is 5.34. The molecule has 2 heterocycles. The fourth-order valence-electron chi connectivity index (χ4n) is 3.96. The molecular weight excluding hydrogens is 424 g/mol. The molecule has 0 aliphatic carbocycles. The molecule has 0 radical (unpaired) electrons. The maximum absolute atomic E-state index is 13.3. The first-order valence-electron chi connectivity index (χ1n) is 9.71. The van der Waals surface area contributed by atoms with Gasteiger partial charge in [0, 0.05) is 36.0 Å². The zero-order chi connectivity index (χ0) is 21.3. The highest BCUT2D eigenvalue weighted by Gasteiger charge is 2.41. The molecule has 2 fully saturated rings. The van der Waals surface area contributed by atoms with Crippen LogP contribution in [0.3, 0.4) is 0 Å². The number of thioether (sulfide) groups is 1. The summed E-state index contributed by atoms with van der Waals surface area (Å²) in [6.07, 6.45) is 0.223. The van der Waals surface area contributed by atoms with Crippen LogP contribution in [0, 0.1) is 5.92 Å². The Hall–Kier alpha value is -2.38. The van der Waals surface area contributed by atoms with Gasteiger partial charge in [0.1, 0.15) is 5.37 Å². The molecule has 2 aliphatic heterocycles. The van der Waals surface area contributed by atoms with Crippen molar-refractivity contribution in [3.8, 4) is 11.5 Å². The second-order valence-corrected chi connectivity index (χ2v) is 8.88. The fraction of sp³-hybridized carbons (Fsp3) is 0.364. The lowest BCUT2D eigenvalue weighted by Gasteiger charge is -2.27. The Morgan fingerprint density at radius 2 is 1.83 bits per heavy atom. The number of nitrogens with zero attached hydrogens (tertiary/aromatic N) is 2. The smallest absolute Gasteiger partial charge is 0.229 e. The number of hydrogen-bond donors (Lipinski definition) is 0. The van der Waals surface area contributed by atoms with E-state index in [0.717, 1.165) is 17.0 Å². The molecular formula is C22H23ClN2O4S. The Morgan fingerprint density at radius 3 is 2.53 bits per heavy atom. The van der Waals surface area contributed by atoms with E-state index in [9.17, 15) is 9.59 Å². The molecule has 0 saturated carbocycles. The van der Waals surface area contributed by atoms with Crippen LogP contribution in [-0.2, 0) is 9.59 Å². The quantitative estimate of drug-likeness (QED) is 0.695. The van der Waals surface area contributed by atoms with Gasteiger partial charge in [-0.15, -0.1) is 11.8 Å². The molecule has 0 N–H and O–H groups in total. The number of halogens is 1. The SMILES string of the molecule is COc1ccc(C2SCCN2C(=O)C2CC(=O)N(c3ccc(Cl)cc3)C2)cc1OC. The van der Waals surface area contributed by atoms with Crippen LogP contribution in [0.2, 0.25) is 5.02 Å².